The van der Waals surface area contributed by atoms with Crippen LogP contribution >= 0.6 is 0 Å². The Hall–Kier alpha value is -3.96. The lowest BCUT2D eigenvalue weighted by Gasteiger charge is -2.42. The zero-order valence-electron chi connectivity index (χ0n) is 18.9. The molecule has 1 aliphatic heterocycles. The summed E-state index contributed by atoms with van der Waals surface area (Å²) in [7, 11) is 5.35. The molecule has 3 N–H and O–H groups in total. The van der Waals surface area contributed by atoms with Crippen LogP contribution in [0.2, 0.25) is 0 Å². The number of aryl methyl sites for hydroxylation is 1. The Kier molecular flexibility index (Phi) is 11.0. The van der Waals surface area contributed by atoms with Crippen LogP contribution in [0.1, 0.15) is 18.5 Å². The summed E-state index contributed by atoms with van der Waals surface area (Å²) in [6.07, 6.45) is 4.76. The van der Waals surface area contributed by atoms with E-state index in [2.05, 4.69) is 15.4 Å². The van der Waals surface area contributed by atoms with E-state index in [4.69, 9.17) is 19.8 Å². The molecule has 0 spiro atoms. The number of carboxylic acid groups (broad SMARTS) is 2. The third-order valence-electron chi connectivity index (χ3n) is 5.03. The maximum absolute atomic E-state index is 12.9. The van der Waals surface area contributed by atoms with Gasteiger partial charge in [-0.1, -0.05) is 6.07 Å². The summed E-state index contributed by atoms with van der Waals surface area (Å²) in [4.78, 5) is 49.9. The number of anilines is 1. The van der Waals surface area contributed by atoms with Crippen molar-refractivity contribution in [3.8, 4) is 0 Å². The molecule has 2 amide bonds. The van der Waals surface area contributed by atoms with E-state index in [1.165, 1.54) is 0 Å². The Morgan fingerprint density at radius 2 is 1.73 bits per heavy atom. The average Bonchev–Trinajstić information content (AvgIpc) is 3.19. The maximum Gasteiger partial charge on any atom is 0.290 e. The molecule has 3 rings (SSSR count). The van der Waals surface area contributed by atoms with Crippen LogP contribution in [0.3, 0.4) is 0 Å². The van der Waals surface area contributed by atoms with Gasteiger partial charge >= 0.3 is 0 Å². The second-order valence-corrected chi connectivity index (χ2v) is 7.34. The summed E-state index contributed by atoms with van der Waals surface area (Å²) in [5, 5.41) is 21.3. The molecule has 0 aliphatic carbocycles. The number of rotatable bonds is 5. The van der Waals surface area contributed by atoms with Gasteiger partial charge in [-0.25, -0.2) is 0 Å². The number of carbonyl (C=O) groups excluding carboxylic acids is 2. The molecule has 33 heavy (non-hydrogen) atoms. The lowest BCUT2D eigenvalue weighted by molar-refractivity contribution is -0.139. The summed E-state index contributed by atoms with van der Waals surface area (Å²) in [5.74, 6) is 0.846. The minimum Gasteiger partial charge on any atom is -0.483 e. The van der Waals surface area contributed by atoms with E-state index in [1.54, 1.807) is 36.1 Å². The van der Waals surface area contributed by atoms with E-state index in [1.807, 2.05) is 36.2 Å². The minimum absolute atomic E-state index is 0.0144. The Morgan fingerprint density at radius 1 is 1.12 bits per heavy atom. The highest BCUT2D eigenvalue weighted by Gasteiger charge is 2.43. The number of likely N-dealkylation sites (N-methyl/N-ethyl adjacent to an activating group) is 1. The van der Waals surface area contributed by atoms with Gasteiger partial charge in [0.1, 0.15) is 11.4 Å². The molecule has 1 aliphatic rings. The number of aromatic nitrogens is 3. The average molecular weight is 463 g/mol. The Bertz CT molecular complexity index is 888. The van der Waals surface area contributed by atoms with Crippen molar-refractivity contribution in [1.29, 1.82) is 0 Å². The van der Waals surface area contributed by atoms with Crippen molar-refractivity contribution < 1.29 is 29.4 Å². The first-order valence-electron chi connectivity index (χ1n) is 10.1. The summed E-state index contributed by atoms with van der Waals surface area (Å²) in [6.45, 7) is 0.548. The first-order valence-corrected chi connectivity index (χ1v) is 10.1. The fourth-order valence-electron chi connectivity index (χ4n) is 3.47. The second-order valence-electron chi connectivity index (χ2n) is 7.34. The van der Waals surface area contributed by atoms with Crippen molar-refractivity contribution >= 4 is 30.6 Å². The monoisotopic (exact) mass is 462 g/mol. The van der Waals surface area contributed by atoms with Crippen molar-refractivity contribution in [2.24, 2.45) is 7.05 Å². The predicted octanol–water partition coefficient (Wildman–Crippen LogP) is 0.321. The Balaban J connectivity index is 0.000000819. The number of likely N-dealkylation sites (tertiary alicyclic amines) is 1. The van der Waals surface area contributed by atoms with Crippen molar-refractivity contribution in [3.63, 3.8) is 0 Å². The van der Waals surface area contributed by atoms with Gasteiger partial charge in [-0.05, 0) is 25.0 Å². The Labute approximate surface area is 191 Å². The quantitative estimate of drug-likeness (QED) is 0.532. The van der Waals surface area contributed by atoms with Crippen molar-refractivity contribution in [3.05, 3.63) is 42.4 Å². The fraction of sp³-hybridized carbons (Fsp3) is 0.429. The molecule has 0 aromatic carbocycles. The van der Waals surface area contributed by atoms with E-state index < -0.39 is 5.54 Å². The molecule has 12 nitrogen and oxygen atoms in total. The molecule has 0 bridgehead atoms. The van der Waals surface area contributed by atoms with E-state index >= 15 is 0 Å². The van der Waals surface area contributed by atoms with Gasteiger partial charge in [0, 0.05) is 52.2 Å². The predicted molar refractivity (Wildman–Crippen MR) is 119 cm³/mol. The van der Waals surface area contributed by atoms with Gasteiger partial charge in [0.15, 0.2) is 0 Å². The number of amides is 2. The van der Waals surface area contributed by atoms with Crippen LogP contribution in [0, 0.1) is 0 Å². The number of hydrogen-bond donors (Lipinski definition) is 3. The van der Waals surface area contributed by atoms with Crippen molar-refractivity contribution in [1.82, 2.24) is 24.6 Å². The third kappa shape index (κ3) is 7.91. The molecule has 0 unspecified atom stereocenters. The standard InChI is InChI=1S/C19H26N6O2.2CH2O2/c1-23(2)18(27)19(22-16-7-11-21-24(16)3)8-12-25(13-9-19)17(26)14-15-6-4-5-10-20-15;2*2-1-3/h4-7,10-11,22H,8-9,12-14H2,1-3H3;2*1H,(H,2,3). The molecule has 3 heterocycles. The zero-order valence-corrected chi connectivity index (χ0v) is 18.9. The van der Waals surface area contributed by atoms with Crippen LogP contribution in [-0.4, -0.2) is 92.3 Å². The van der Waals surface area contributed by atoms with Crippen LogP contribution in [0.4, 0.5) is 5.82 Å². The number of nitrogens with one attached hydrogen (secondary N) is 1. The van der Waals surface area contributed by atoms with Crippen LogP contribution in [0.25, 0.3) is 0 Å². The van der Waals surface area contributed by atoms with Crippen LogP contribution in [0.5, 0.6) is 0 Å². The lowest BCUT2D eigenvalue weighted by Crippen LogP contribution is -2.59. The van der Waals surface area contributed by atoms with Gasteiger partial charge in [0.05, 0.1) is 12.6 Å². The van der Waals surface area contributed by atoms with Crippen LogP contribution in [-0.2, 0) is 32.6 Å². The molecular formula is C21H30N6O6. The van der Waals surface area contributed by atoms with Crippen LogP contribution in [0.15, 0.2) is 36.7 Å². The maximum atomic E-state index is 12.9. The van der Waals surface area contributed by atoms with Gasteiger partial charge in [0.25, 0.3) is 12.9 Å². The van der Waals surface area contributed by atoms with Gasteiger partial charge < -0.3 is 25.3 Å². The third-order valence-corrected chi connectivity index (χ3v) is 5.03. The number of nitrogens with zero attached hydrogens (tertiary/aromatic N) is 5. The van der Waals surface area contributed by atoms with E-state index in [9.17, 15) is 9.59 Å². The van der Waals surface area contributed by atoms with Gasteiger partial charge in [-0.3, -0.25) is 28.8 Å². The highest BCUT2D eigenvalue weighted by Crippen LogP contribution is 2.29. The SMILES string of the molecule is CN(C)C(=O)C1(Nc2ccnn2C)CCN(C(=O)Cc2ccccn2)CC1.O=CO.O=CO. The number of piperidine rings is 1. The topological polar surface area (TPSA) is 158 Å². The first-order chi connectivity index (χ1) is 15.7. The molecular weight excluding hydrogens is 432 g/mol. The van der Waals surface area contributed by atoms with Crippen molar-refractivity contribution in [2.45, 2.75) is 24.8 Å². The number of hydrogen-bond acceptors (Lipinski definition) is 7. The molecule has 2 aromatic heterocycles. The van der Waals surface area contributed by atoms with Gasteiger partial charge in [-0.15, -0.1) is 0 Å². The van der Waals surface area contributed by atoms with E-state index in [-0.39, 0.29) is 31.2 Å². The van der Waals surface area contributed by atoms with Crippen molar-refractivity contribution in [2.75, 3.05) is 32.5 Å². The largest absolute Gasteiger partial charge is 0.483 e. The van der Waals surface area contributed by atoms with E-state index in [0.717, 1.165) is 11.5 Å². The van der Waals surface area contributed by atoms with E-state index in [0.29, 0.717) is 25.9 Å². The second kappa shape index (κ2) is 13.5. The number of pyridine rings is 1. The normalized spacial score (nSPS) is 13.8. The smallest absolute Gasteiger partial charge is 0.290 e. The summed E-state index contributed by atoms with van der Waals surface area (Å²) >= 11 is 0. The summed E-state index contributed by atoms with van der Waals surface area (Å²) in [5.41, 5.74) is 0.0238. The first kappa shape index (κ1) is 27.1. The molecule has 0 radical (unpaired) electrons. The Morgan fingerprint density at radius 3 is 2.18 bits per heavy atom. The molecule has 0 atom stereocenters. The molecule has 180 valence electrons. The van der Waals surface area contributed by atoms with Gasteiger partial charge in [-0.2, -0.15) is 5.10 Å². The highest BCUT2D eigenvalue weighted by molar-refractivity contribution is 5.89. The molecule has 1 saturated heterocycles. The highest BCUT2D eigenvalue weighted by atomic mass is 16.3. The summed E-state index contributed by atoms with van der Waals surface area (Å²) in [6, 6.07) is 7.42. The zero-order chi connectivity index (χ0) is 24.9. The molecule has 0 saturated carbocycles. The minimum atomic E-state index is -0.737. The summed E-state index contributed by atoms with van der Waals surface area (Å²) < 4.78 is 1.71. The lowest BCUT2D eigenvalue weighted by atomic mass is 9.85. The number of carbonyl (C=O) groups is 4. The van der Waals surface area contributed by atoms with Crippen LogP contribution < -0.4 is 5.32 Å². The molecule has 1 fully saturated rings. The molecule has 12 heteroatoms. The fourth-order valence-corrected chi connectivity index (χ4v) is 3.47. The van der Waals surface area contributed by atoms with Gasteiger partial charge in [0.2, 0.25) is 11.8 Å². The molecule has 2 aromatic rings.